The summed E-state index contributed by atoms with van der Waals surface area (Å²) in [6.45, 7) is 4.79. The van der Waals surface area contributed by atoms with Crippen molar-refractivity contribution in [1.29, 1.82) is 0 Å². The quantitative estimate of drug-likeness (QED) is 0.757. The van der Waals surface area contributed by atoms with Gasteiger partial charge in [-0.25, -0.2) is 9.97 Å². The summed E-state index contributed by atoms with van der Waals surface area (Å²) in [6.07, 6.45) is 3.66. The van der Waals surface area contributed by atoms with Crippen molar-refractivity contribution in [3.05, 3.63) is 18.0 Å². The molecule has 1 aromatic heterocycles. The molecule has 1 saturated heterocycles. The van der Waals surface area contributed by atoms with Gasteiger partial charge in [0.05, 0.1) is 12.6 Å². The molecule has 1 aromatic rings. The molecule has 5 heteroatoms. The van der Waals surface area contributed by atoms with Crippen LogP contribution in [0.15, 0.2) is 12.4 Å². The van der Waals surface area contributed by atoms with E-state index in [9.17, 15) is 5.11 Å². The van der Waals surface area contributed by atoms with E-state index >= 15 is 0 Å². The fraction of sp³-hybridized carbons (Fsp3) is 0.636. The van der Waals surface area contributed by atoms with Gasteiger partial charge >= 0.3 is 0 Å². The summed E-state index contributed by atoms with van der Waals surface area (Å²) >= 11 is 0. The minimum Gasteiger partial charge on any atom is -0.395 e. The molecule has 5 nitrogen and oxygen atoms in total. The van der Waals surface area contributed by atoms with E-state index in [0.717, 1.165) is 31.1 Å². The number of likely N-dealkylation sites (N-methyl/N-ethyl adjacent to an activating group) is 1. The van der Waals surface area contributed by atoms with Crippen molar-refractivity contribution in [1.82, 2.24) is 14.9 Å². The van der Waals surface area contributed by atoms with E-state index in [0.29, 0.717) is 0 Å². The van der Waals surface area contributed by atoms with Crippen molar-refractivity contribution in [2.75, 3.05) is 38.2 Å². The van der Waals surface area contributed by atoms with E-state index in [1.165, 1.54) is 0 Å². The summed E-state index contributed by atoms with van der Waals surface area (Å²) in [5.41, 5.74) is 1.07. The normalized spacial score (nSPS) is 22.4. The van der Waals surface area contributed by atoms with Gasteiger partial charge in [-0.1, -0.05) is 0 Å². The van der Waals surface area contributed by atoms with Crippen molar-refractivity contribution in [2.24, 2.45) is 0 Å². The molecule has 1 aliphatic heterocycles. The molecule has 1 unspecified atom stereocenters. The second kappa shape index (κ2) is 4.76. The monoisotopic (exact) mass is 222 g/mol. The van der Waals surface area contributed by atoms with E-state index < -0.39 is 0 Å². The van der Waals surface area contributed by atoms with Gasteiger partial charge in [0.1, 0.15) is 0 Å². The van der Waals surface area contributed by atoms with Crippen LogP contribution < -0.4 is 4.90 Å². The number of aliphatic hydroxyl groups is 1. The summed E-state index contributed by atoms with van der Waals surface area (Å²) in [5, 5.41) is 9.26. The van der Waals surface area contributed by atoms with Crippen LogP contribution in [0.25, 0.3) is 0 Å². The number of hydrogen-bond acceptors (Lipinski definition) is 5. The smallest absolute Gasteiger partial charge is 0.225 e. The SMILES string of the molecule is Cc1cnc(N2CCN(C)C(CO)C2)nc1. The molecule has 1 N–H and O–H groups in total. The summed E-state index contributed by atoms with van der Waals surface area (Å²) < 4.78 is 0. The first-order chi connectivity index (χ1) is 7.70. The molecule has 2 heterocycles. The lowest BCUT2D eigenvalue weighted by Crippen LogP contribution is -2.53. The number of hydrogen-bond donors (Lipinski definition) is 1. The third-order valence-corrected chi connectivity index (χ3v) is 3.04. The Balaban J connectivity index is 2.08. The average Bonchev–Trinajstić information content (AvgIpc) is 2.31. The predicted molar refractivity (Wildman–Crippen MR) is 62.5 cm³/mol. The summed E-state index contributed by atoms with van der Waals surface area (Å²) in [6, 6.07) is 0.179. The standard InChI is InChI=1S/C11H18N4O/c1-9-5-12-11(13-6-9)15-4-3-14(2)10(7-15)8-16/h5-6,10,16H,3-4,7-8H2,1-2H3. The Kier molecular flexibility index (Phi) is 3.36. The van der Waals surface area contributed by atoms with Crippen LogP contribution in [-0.4, -0.2) is 59.3 Å². The predicted octanol–water partition coefficient (Wildman–Crippen LogP) is -0.102. The number of piperazine rings is 1. The maximum atomic E-state index is 9.26. The second-order valence-corrected chi connectivity index (χ2v) is 4.32. The molecule has 16 heavy (non-hydrogen) atoms. The summed E-state index contributed by atoms with van der Waals surface area (Å²) in [5.74, 6) is 0.761. The highest BCUT2D eigenvalue weighted by Gasteiger charge is 2.24. The lowest BCUT2D eigenvalue weighted by molar-refractivity contribution is 0.135. The van der Waals surface area contributed by atoms with E-state index in [4.69, 9.17) is 0 Å². The first-order valence-electron chi connectivity index (χ1n) is 5.55. The first-order valence-corrected chi connectivity index (χ1v) is 5.55. The molecule has 0 bridgehead atoms. The van der Waals surface area contributed by atoms with Crippen LogP contribution >= 0.6 is 0 Å². The fourth-order valence-corrected chi connectivity index (χ4v) is 1.87. The van der Waals surface area contributed by atoms with Crippen LogP contribution in [0, 0.1) is 6.92 Å². The van der Waals surface area contributed by atoms with Gasteiger partial charge in [-0.15, -0.1) is 0 Å². The Hall–Kier alpha value is -1.20. The zero-order chi connectivity index (χ0) is 11.5. The van der Waals surface area contributed by atoms with Crippen molar-refractivity contribution in [3.8, 4) is 0 Å². The van der Waals surface area contributed by atoms with E-state index in [-0.39, 0.29) is 12.6 Å². The van der Waals surface area contributed by atoms with Gasteiger partial charge in [-0.2, -0.15) is 0 Å². The number of aliphatic hydroxyl groups excluding tert-OH is 1. The first kappa shape index (κ1) is 11.3. The van der Waals surface area contributed by atoms with Gasteiger partial charge < -0.3 is 10.0 Å². The molecule has 88 valence electrons. The summed E-state index contributed by atoms with van der Waals surface area (Å²) in [4.78, 5) is 12.9. The molecule has 1 atom stereocenters. The number of aromatic nitrogens is 2. The highest BCUT2D eigenvalue weighted by atomic mass is 16.3. The largest absolute Gasteiger partial charge is 0.395 e. The van der Waals surface area contributed by atoms with Crippen molar-refractivity contribution >= 4 is 5.95 Å². The third-order valence-electron chi connectivity index (χ3n) is 3.04. The Morgan fingerprint density at radius 2 is 2.06 bits per heavy atom. The molecule has 1 fully saturated rings. The molecule has 0 aliphatic carbocycles. The maximum absolute atomic E-state index is 9.26. The zero-order valence-corrected chi connectivity index (χ0v) is 9.80. The topological polar surface area (TPSA) is 52.5 Å². The van der Waals surface area contributed by atoms with Crippen molar-refractivity contribution in [3.63, 3.8) is 0 Å². The van der Waals surface area contributed by atoms with Gasteiger partial charge in [-0.05, 0) is 19.5 Å². The van der Waals surface area contributed by atoms with Crippen molar-refractivity contribution < 1.29 is 5.11 Å². The van der Waals surface area contributed by atoms with E-state index in [1.54, 1.807) is 0 Å². The molecule has 2 rings (SSSR count). The molecule has 0 amide bonds. The van der Waals surface area contributed by atoms with Gasteiger partial charge in [0.2, 0.25) is 5.95 Å². The Morgan fingerprint density at radius 3 is 2.69 bits per heavy atom. The van der Waals surface area contributed by atoms with Crippen LogP contribution in [-0.2, 0) is 0 Å². The van der Waals surface area contributed by atoms with Crippen molar-refractivity contribution in [2.45, 2.75) is 13.0 Å². The molecule has 0 spiro atoms. The minimum absolute atomic E-state index is 0.179. The highest BCUT2D eigenvalue weighted by Crippen LogP contribution is 2.13. The zero-order valence-electron chi connectivity index (χ0n) is 9.80. The molecule has 0 radical (unpaired) electrons. The van der Waals surface area contributed by atoms with E-state index in [1.807, 2.05) is 26.4 Å². The van der Waals surface area contributed by atoms with Gasteiger partial charge in [0.25, 0.3) is 0 Å². The lowest BCUT2D eigenvalue weighted by Gasteiger charge is -2.38. The molecule has 1 aliphatic rings. The van der Waals surface area contributed by atoms with Gasteiger partial charge in [0, 0.05) is 32.0 Å². The second-order valence-electron chi connectivity index (χ2n) is 4.32. The van der Waals surface area contributed by atoms with Crippen LogP contribution in [0.5, 0.6) is 0 Å². The Morgan fingerprint density at radius 1 is 1.38 bits per heavy atom. The molecular weight excluding hydrogens is 204 g/mol. The molecule has 0 aromatic carbocycles. The highest BCUT2D eigenvalue weighted by molar-refractivity contribution is 5.31. The fourth-order valence-electron chi connectivity index (χ4n) is 1.87. The molecular formula is C11H18N4O. The van der Waals surface area contributed by atoms with E-state index in [2.05, 4.69) is 19.8 Å². The minimum atomic E-state index is 0.179. The number of rotatable bonds is 2. The summed E-state index contributed by atoms with van der Waals surface area (Å²) in [7, 11) is 2.04. The molecule has 0 saturated carbocycles. The Bertz CT molecular complexity index is 340. The number of nitrogens with zero attached hydrogens (tertiary/aromatic N) is 4. The van der Waals surface area contributed by atoms with Crippen LogP contribution in [0.2, 0.25) is 0 Å². The lowest BCUT2D eigenvalue weighted by atomic mass is 10.2. The van der Waals surface area contributed by atoms with Gasteiger partial charge in [-0.3, -0.25) is 4.90 Å². The third kappa shape index (κ3) is 2.31. The van der Waals surface area contributed by atoms with Crippen LogP contribution in [0.1, 0.15) is 5.56 Å². The van der Waals surface area contributed by atoms with Crippen LogP contribution in [0.4, 0.5) is 5.95 Å². The average molecular weight is 222 g/mol. The number of aryl methyl sites for hydroxylation is 1. The Labute approximate surface area is 95.7 Å². The van der Waals surface area contributed by atoms with Gasteiger partial charge in [0.15, 0.2) is 0 Å². The number of anilines is 1. The maximum Gasteiger partial charge on any atom is 0.225 e. The van der Waals surface area contributed by atoms with Crippen LogP contribution in [0.3, 0.4) is 0 Å².